The third-order valence-electron chi connectivity index (χ3n) is 2.69. The smallest absolute Gasteiger partial charge is 0.328 e. The second-order valence-corrected chi connectivity index (χ2v) is 5.13. The van der Waals surface area contributed by atoms with Crippen LogP contribution in [0.4, 0.5) is 4.39 Å². The van der Waals surface area contributed by atoms with Gasteiger partial charge in [0, 0.05) is 41.8 Å². The normalized spacial score (nSPS) is 12.0. The highest BCUT2D eigenvalue weighted by Crippen LogP contribution is 2.27. The summed E-state index contributed by atoms with van der Waals surface area (Å²) >= 11 is 5.86. The molecule has 0 aliphatic heterocycles. The molecule has 0 aliphatic carbocycles. The SMILES string of the molecule is C[C@@H](N)Cn1ccc2c(Cl)c(F)ccc21.O=C(O)/C=C/C(=O)O. The first-order valence-corrected chi connectivity index (χ1v) is 6.92. The van der Waals surface area contributed by atoms with Crippen LogP contribution >= 0.6 is 11.6 Å². The van der Waals surface area contributed by atoms with Crippen molar-refractivity contribution < 1.29 is 24.2 Å². The maximum Gasteiger partial charge on any atom is 0.328 e. The van der Waals surface area contributed by atoms with Gasteiger partial charge in [-0.2, -0.15) is 0 Å². The Kier molecular flexibility index (Phi) is 6.74. The van der Waals surface area contributed by atoms with E-state index in [2.05, 4.69) is 0 Å². The van der Waals surface area contributed by atoms with Crippen LogP contribution in [0, 0.1) is 5.82 Å². The van der Waals surface area contributed by atoms with Crippen LogP contribution in [0.1, 0.15) is 6.92 Å². The van der Waals surface area contributed by atoms with Crippen molar-refractivity contribution >= 4 is 34.4 Å². The fourth-order valence-corrected chi connectivity index (χ4v) is 2.04. The second-order valence-electron chi connectivity index (χ2n) is 4.75. The van der Waals surface area contributed by atoms with Crippen LogP contribution in [0.5, 0.6) is 0 Å². The van der Waals surface area contributed by atoms with E-state index in [9.17, 15) is 14.0 Å². The summed E-state index contributed by atoms with van der Waals surface area (Å²) in [5.74, 6) is -2.90. The number of aromatic nitrogens is 1. The van der Waals surface area contributed by atoms with Crippen molar-refractivity contribution in [2.24, 2.45) is 5.73 Å². The highest BCUT2D eigenvalue weighted by Gasteiger charge is 2.09. The van der Waals surface area contributed by atoms with Gasteiger partial charge < -0.3 is 20.5 Å². The number of nitrogens with zero attached hydrogens (tertiary/aromatic N) is 1. The zero-order chi connectivity index (χ0) is 17.6. The molecule has 0 amide bonds. The largest absolute Gasteiger partial charge is 0.478 e. The van der Waals surface area contributed by atoms with Crippen molar-refractivity contribution in [2.75, 3.05) is 0 Å². The molecule has 1 aromatic heterocycles. The maximum atomic E-state index is 13.2. The van der Waals surface area contributed by atoms with Crippen molar-refractivity contribution in [3.05, 3.63) is 47.4 Å². The molecule has 0 saturated carbocycles. The van der Waals surface area contributed by atoms with Crippen molar-refractivity contribution in [1.82, 2.24) is 4.57 Å². The topological polar surface area (TPSA) is 106 Å². The van der Waals surface area contributed by atoms with E-state index in [4.69, 9.17) is 27.5 Å². The molecule has 1 atom stereocenters. The van der Waals surface area contributed by atoms with Crippen LogP contribution in [-0.4, -0.2) is 32.8 Å². The molecule has 124 valence electrons. The fraction of sp³-hybridized carbons (Fsp3) is 0.200. The number of aliphatic carboxylic acids is 2. The van der Waals surface area contributed by atoms with Gasteiger partial charge in [-0.3, -0.25) is 0 Å². The Hall–Kier alpha value is -2.38. The molecule has 0 radical (unpaired) electrons. The lowest BCUT2D eigenvalue weighted by Crippen LogP contribution is -2.21. The van der Waals surface area contributed by atoms with Gasteiger partial charge in [-0.05, 0) is 25.1 Å². The Morgan fingerprint density at radius 1 is 1.30 bits per heavy atom. The first-order valence-electron chi connectivity index (χ1n) is 6.54. The van der Waals surface area contributed by atoms with E-state index in [0.29, 0.717) is 18.7 Å². The number of benzene rings is 1. The van der Waals surface area contributed by atoms with E-state index in [1.54, 1.807) is 6.07 Å². The zero-order valence-corrected chi connectivity index (χ0v) is 13.0. The van der Waals surface area contributed by atoms with Crippen LogP contribution in [0.2, 0.25) is 5.02 Å². The van der Waals surface area contributed by atoms with E-state index in [1.807, 2.05) is 23.8 Å². The lowest BCUT2D eigenvalue weighted by Gasteiger charge is -2.08. The number of carboxylic acid groups (broad SMARTS) is 2. The highest BCUT2D eigenvalue weighted by atomic mass is 35.5. The molecule has 1 heterocycles. The molecule has 1 aromatic carbocycles. The average molecular weight is 343 g/mol. The summed E-state index contributed by atoms with van der Waals surface area (Å²) in [6.45, 7) is 2.63. The highest BCUT2D eigenvalue weighted by molar-refractivity contribution is 6.35. The molecular weight excluding hydrogens is 327 g/mol. The fourth-order valence-electron chi connectivity index (χ4n) is 1.82. The van der Waals surface area contributed by atoms with Gasteiger partial charge in [-0.25, -0.2) is 14.0 Å². The van der Waals surface area contributed by atoms with Gasteiger partial charge >= 0.3 is 11.9 Å². The summed E-state index contributed by atoms with van der Waals surface area (Å²) in [4.78, 5) is 19.1. The molecule has 2 aromatic rings. The maximum absolute atomic E-state index is 13.2. The monoisotopic (exact) mass is 342 g/mol. The summed E-state index contributed by atoms with van der Waals surface area (Å²) < 4.78 is 15.1. The quantitative estimate of drug-likeness (QED) is 0.740. The van der Waals surface area contributed by atoms with E-state index < -0.39 is 11.9 Å². The molecular formula is C15H16ClFN2O4. The predicted octanol–water partition coefficient (Wildman–Crippen LogP) is 2.49. The molecule has 23 heavy (non-hydrogen) atoms. The van der Waals surface area contributed by atoms with Crippen LogP contribution < -0.4 is 5.73 Å². The minimum atomic E-state index is -1.26. The molecule has 8 heteroatoms. The summed E-state index contributed by atoms with van der Waals surface area (Å²) in [7, 11) is 0. The standard InChI is InChI=1S/C11H12ClFN2.C4H4O4/c1-7(14)6-15-5-4-8-10(15)3-2-9(13)11(8)12;5-3(6)1-2-4(7)8/h2-5,7H,6,14H2,1H3;1-2H,(H,5,6)(H,7,8)/b;2-1+/t7-;/m1./s1. The van der Waals surface area contributed by atoms with Gasteiger partial charge in [-0.1, -0.05) is 11.6 Å². The first-order chi connectivity index (χ1) is 10.7. The molecule has 0 fully saturated rings. The number of carbonyl (C=O) groups is 2. The lowest BCUT2D eigenvalue weighted by atomic mass is 10.2. The Morgan fingerprint density at radius 3 is 2.35 bits per heavy atom. The van der Waals surface area contributed by atoms with E-state index in [-0.39, 0.29) is 16.9 Å². The summed E-state index contributed by atoms with van der Waals surface area (Å²) in [5.41, 5.74) is 6.63. The van der Waals surface area contributed by atoms with Crippen molar-refractivity contribution in [3.63, 3.8) is 0 Å². The van der Waals surface area contributed by atoms with E-state index in [0.717, 1.165) is 10.9 Å². The van der Waals surface area contributed by atoms with Crippen LogP contribution in [0.3, 0.4) is 0 Å². The average Bonchev–Trinajstić information content (AvgIpc) is 2.84. The molecule has 0 bridgehead atoms. The molecule has 0 spiro atoms. The first kappa shape index (κ1) is 18.7. The van der Waals surface area contributed by atoms with E-state index >= 15 is 0 Å². The van der Waals surface area contributed by atoms with Gasteiger partial charge in [0.2, 0.25) is 0 Å². The summed E-state index contributed by atoms with van der Waals surface area (Å²) in [6.07, 6.45) is 2.99. The van der Waals surface area contributed by atoms with Gasteiger partial charge in [0.05, 0.1) is 5.02 Å². The third-order valence-corrected chi connectivity index (χ3v) is 3.08. The zero-order valence-electron chi connectivity index (χ0n) is 12.2. The number of hydrogen-bond donors (Lipinski definition) is 3. The summed E-state index contributed by atoms with van der Waals surface area (Å²) in [5, 5.41) is 16.5. The number of nitrogens with two attached hydrogens (primary N) is 1. The Balaban J connectivity index is 0.000000284. The second kappa shape index (κ2) is 8.30. The van der Waals surface area contributed by atoms with E-state index in [1.165, 1.54) is 6.07 Å². The minimum absolute atomic E-state index is 0.0597. The minimum Gasteiger partial charge on any atom is -0.478 e. The summed E-state index contributed by atoms with van der Waals surface area (Å²) in [6, 6.07) is 4.97. The Labute approximate surface area is 136 Å². The molecule has 6 nitrogen and oxygen atoms in total. The molecule has 0 unspecified atom stereocenters. The van der Waals surface area contributed by atoms with Crippen LogP contribution in [0.25, 0.3) is 10.9 Å². The Morgan fingerprint density at radius 2 is 1.87 bits per heavy atom. The third kappa shape index (κ3) is 5.72. The number of rotatable bonds is 4. The molecule has 2 rings (SSSR count). The predicted molar refractivity (Wildman–Crippen MR) is 85.0 cm³/mol. The van der Waals surface area contributed by atoms with Crippen molar-refractivity contribution in [2.45, 2.75) is 19.5 Å². The van der Waals surface area contributed by atoms with Crippen molar-refractivity contribution in [1.29, 1.82) is 0 Å². The number of fused-ring (bicyclic) bond motifs is 1. The number of halogens is 2. The van der Waals surface area contributed by atoms with Gasteiger partial charge in [0.25, 0.3) is 0 Å². The molecule has 0 aliphatic rings. The number of carboxylic acids is 2. The van der Waals surface area contributed by atoms with Gasteiger partial charge in [0.1, 0.15) is 5.82 Å². The van der Waals surface area contributed by atoms with Crippen LogP contribution in [0.15, 0.2) is 36.5 Å². The molecule has 0 saturated heterocycles. The van der Waals surface area contributed by atoms with Crippen molar-refractivity contribution in [3.8, 4) is 0 Å². The lowest BCUT2D eigenvalue weighted by molar-refractivity contribution is -0.134. The van der Waals surface area contributed by atoms with Gasteiger partial charge in [0.15, 0.2) is 0 Å². The Bertz CT molecular complexity index is 724. The number of hydrogen-bond acceptors (Lipinski definition) is 3. The van der Waals surface area contributed by atoms with Crippen LogP contribution in [-0.2, 0) is 16.1 Å². The molecule has 4 N–H and O–H groups in total. The van der Waals surface area contributed by atoms with Gasteiger partial charge in [-0.15, -0.1) is 0 Å².